The van der Waals surface area contributed by atoms with Crippen LogP contribution in [0.1, 0.15) is 5.56 Å². The van der Waals surface area contributed by atoms with Crippen LogP contribution >= 0.6 is 0 Å². The molecular weight excluding hydrogens is 210 g/mol. The Balaban J connectivity index is 2.32. The van der Waals surface area contributed by atoms with Crippen molar-refractivity contribution in [2.45, 2.75) is 0 Å². The zero-order valence-corrected chi connectivity index (χ0v) is 9.98. The Bertz CT molecular complexity index is 491. The third-order valence-corrected chi connectivity index (χ3v) is 3.74. The molecule has 2 aromatic rings. The molecule has 78 valence electrons. The van der Waals surface area contributed by atoms with Crippen molar-refractivity contribution in [1.82, 2.24) is 0 Å². The van der Waals surface area contributed by atoms with Gasteiger partial charge in [0.1, 0.15) is 9.52 Å². The minimum absolute atomic E-state index is 0.602. The number of hydrogen-bond acceptors (Lipinski definition) is 1. The van der Waals surface area contributed by atoms with E-state index in [2.05, 4.69) is 36.9 Å². The molecule has 2 radical (unpaired) electrons. The van der Waals surface area contributed by atoms with Gasteiger partial charge in [-0.05, 0) is 10.8 Å². The summed E-state index contributed by atoms with van der Waals surface area (Å²) in [5.41, 5.74) is 7.94. The van der Waals surface area contributed by atoms with Crippen LogP contribution in [0, 0.1) is 0 Å². The molecule has 2 aromatic carbocycles. The molecule has 0 amide bonds. The van der Waals surface area contributed by atoms with E-state index in [1.807, 2.05) is 18.2 Å². The van der Waals surface area contributed by atoms with Gasteiger partial charge in [-0.3, -0.25) is 0 Å². The van der Waals surface area contributed by atoms with Gasteiger partial charge < -0.3 is 5.73 Å². The van der Waals surface area contributed by atoms with E-state index >= 15 is 0 Å². The van der Waals surface area contributed by atoms with E-state index in [0.29, 0.717) is 9.52 Å². The molecule has 0 atom stereocenters. The summed E-state index contributed by atoms with van der Waals surface area (Å²) < 4.78 is 0. The largest absolute Gasteiger partial charge is 0.398 e. The predicted octanol–water partition coefficient (Wildman–Crippen LogP) is 1.57. The second-order valence-electron chi connectivity index (χ2n) is 3.50. The molecule has 0 aromatic heterocycles. The van der Waals surface area contributed by atoms with Crippen LogP contribution in [0.4, 0.5) is 5.69 Å². The Morgan fingerprint density at radius 1 is 1.00 bits per heavy atom. The van der Waals surface area contributed by atoms with Gasteiger partial charge in [-0.1, -0.05) is 66.4 Å². The first-order chi connectivity index (χ1) is 7.81. The molecule has 16 heavy (non-hydrogen) atoms. The minimum atomic E-state index is 0.602. The number of anilines is 1. The number of hydrogen-bond donors (Lipinski definition) is 1. The number of nitrogens with two attached hydrogens (primary N) is 1. The van der Waals surface area contributed by atoms with Crippen molar-refractivity contribution in [3.63, 3.8) is 0 Å². The number of para-hydroxylation sites is 1. The lowest BCUT2D eigenvalue weighted by Crippen LogP contribution is -2.29. The molecule has 0 saturated carbocycles. The summed E-state index contributed by atoms with van der Waals surface area (Å²) in [6.45, 7) is 3.76. The maximum Gasteiger partial charge on any atom is 0.124 e. The first kappa shape index (κ1) is 10.7. The summed E-state index contributed by atoms with van der Waals surface area (Å²) in [4.78, 5) is 0. The van der Waals surface area contributed by atoms with Crippen LogP contribution in [0.25, 0.3) is 6.08 Å². The van der Waals surface area contributed by atoms with Gasteiger partial charge in [0, 0.05) is 5.69 Å². The van der Waals surface area contributed by atoms with Crippen LogP contribution in [0.2, 0.25) is 0 Å². The van der Waals surface area contributed by atoms with Gasteiger partial charge in [-0.2, -0.15) is 0 Å². The highest BCUT2D eigenvalue weighted by Gasteiger charge is 2.04. The summed E-state index contributed by atoms with van der Waals surface area (Å²) in [6.07, 6.45) is 1.80. The Kier molecular flexibility index (Phi) is 3.22. The second kappa shape index (κ2) is 4.81. The summed E-state index contributed by atoms with van der Waals surface area (Å²) in [5.74, 6) is 0. The molecule has 0 saturated heterocycles. The zero-order valence-electron chi connectivity index (χ0n) is 8.98. The highest BCUT2D eigenvalue weighted by molar-refractivity contribution is 6.68. The normalized spacial score (nSPS) is 10.0. The standard InChI is InChI=1S/C14H13NSi/c1-2-11-7-6-10-13(14(11)15)16-12-8-4-3-5-9-12/h2-10H,1,15H2. The van der Waals surface area contributed by atoms with Crippen LogP contribution in [0.15, 0.2) is 55.1 Å². The van der Waals surface area contributed by atoms with Gasteiger partial charge in [-0.25, -0.2) is 0 Å². The Labute approximate surface area is 98.4 Å². The number of nitrogen functional groups attached to an aromatic ring is 1. The summed E-state index contributed by atoms with van der Waals surface area (Å²) in [5, 5.41) is 2.49. The molecule has 0 aliphatic carbocycles. The third kappa shape index (κ3) is 2.23. The van der Waals surface area contributed by atoms with E-state index in [4.69, 9.17) is 5.73 Å². The second-order valence-corrected chi connectivity index (χ2v) is 4.87. The first-order valence-electron chi connectivity index (χ1n) is 5.14. The van der Waals surface area contributed by atoms with Crippen molar-refractivity contribution in [2.24, 2.45) is 0 Å². The fourth-order valence-corrected chi connectivity index (χ4v) is 2.68. The average Bonchev–Trinajstić information content (AvgIpc) is 2.33. The molecule has 2 rings (SSSR count). The molecule has 1 nitrogen and oxygen atoms in total. The van der Waals surface area contributed by atoms with Crippen LogP contribution in [-0.4, -0.2) is 9.52 Å². The summed E-state index contributed by atoms with van der Waals surface area (Å²) >= 11 is 0. The van der Waals surface area contributed by atoms with Gasteiger partial charge in [0.05, 0.1) is 0 Å². The maximum absolute atomic E-state index is 6.08. The Hall–Kier alpha value is -1.80. The van der Waals surface area contributed by atoms with Gasteiger partial charge in [0.15, 0.2) is 0 Å². The summed E-state index contributed by atoms with van der Waals surface area (Å²) in [6, 6.07) is 16.5. The van der Waals surface area contributed by atoms with Crippen LogP contribution in [-0.2, 0) is 0 Å². The van der Waals surface area contributed by atoms with Crippen molar-refractivity contribution in [3.05, 3.63) is 60.7 Å². The van der Waals surface area contributed by atoms with Crippen LogP contribution in [0.3, 0.4) is 0 Å². The fraction of sp³-hybridized carbons (Fsp3) is 0. The van der Waals surface area contributed by atoms with E-state index in [1.165, 1.54) is 10.4 Å². The molecule has 0 heterocycles. The monoisotopic (exact) mass is 223 g/mol. The van der Waals surface area contributed by atoms with E-state index in [0.717, 1.165) is 11.3 Å². The van der Waals surface area contributed by atoms with E-state index in [1.54, 1.807) is 6.08 Å². The lowest BCUT2D eigenvalue weighted by Gasteiger charge is -2.07. The summed E-state index contributed by atoms with van der Waals surface area (Å²) in [7, 11) is 0.602. The van der Waals surface area contributed by atoms with Crippen molar-refractivity contribution >= 4 is 31.7 Å². The van der Waals surface area contributed by atoms with E-state index in [-0.39, 0.29) is 0 Å². The zero-order chi connectivity index (χ0) is 11.4. The maximum atomic E-state index is 6.08. The molecular formula is C14H13NSi. The van der Waals surface area contributed by atoms with Crippen LogP contribution in [0.5, 0.6) is 0 Å². The SMILES string of the molecule is C=Cc1cccc([Si]c2ccccc2)c1N. The average molecular weight is 223 g/mol. The van der Waals surface area contributed by atoms with Gasteiger partial charge in [-0.15, -0.1) is 0 Å². The molecule has 0 fully saturated rings. The minimum Gasteiger partial charge on any atom is -0.398 e. The number of benzene rings is 2. The van der Waals surface area contributed by atoms with Crippen molar-refractivity contribution in [3.8, 4) is 0 Å². The van der Waals surface area contributed by atoms with Crippen molar-refractivity contribution < 1.29 is 0 Å². The predicted molar refractivity (Wildman–Crippen MR) is 72.4 cm³/mol. The molecule has 0 unspecified atom stereocenters. The first-order valence-corrected chi connectivity index (χ1v) is 6.14. The molecule has 0 aliphatic rings. The number of rotatable bonds is 3. The van der Waals surface area contributed by atoms with Gasteiger partial charge in [0.25, 0.3) is 0 Å². The fourth-order valence-electron chi connectivity index (χ4n) is 1.55. The topological polar surface area (TPSA) is 26.0 Å². The van der Waals surface area contributed by atoms with Crippen molar-refractivity contribution in [1.29, 1.82) is 0 Å². The Morgan fingerprint density at radius 3 is 2.44 bits per heavy atom. The molecule has 0 spiro atoms. The van der Waals surface area contributed by atoms with Crippen molar-refractivity contribution in [2.75, 3.05) is 5.73 Å². The van der Waals surface area contributed by atoms with Gasteiger partial charge in [0.2, 0.25) is 0 Å². The molecule has 0 aliphatic heterocycles. The molecule has 2 heteroatoms. The lowest BCUT2D eigenvalue weighted by molar-refractivity contribution is 1.68. The third-order valence-electron chi connectivity index (χ3n) is 2.41. The highest BCUT2D eigenvalue weighted by Crippen LogP contribution is 2.08. The lowest BCUT2D eigenvalue weighted by atomic mass is 10.2. The van der Waals surface area contributed by atoms with Gasteiger partial charge >= 0.3 is 0 Å². The van der Waals surface area contributed by atoms with Crippen LogP contribution < -0.4 is 16.1 Å². The smallest absolute Gasteiger partial charge is 0.124 e. The Morgan fingerprint density at radius 2 is 1.75 bits per heavy atom. The molecule has 2 N–H and O–H groups in total. The van der Waals surface area contributed by atoms with E-state index < -0.39 is 0 Å². The van der Waals surface area contributed by atoms with E-state index in [9.17, 15) is 0 Å². The highest BCUT2D eigenvalue weighted by atomic mass is 28.2. The molecule has 0 bridgehead atoms. The quantitative estimate of drug-likeness (QED) is 0.620.